The van der Waals surface area contributed by atoms with Crippen molar-refractivity contribution in [2.45, 2.75) is 32.7 Å². The maximum absolute atomic E-state index is 6.20. The van der Waals surface area contributed by atoms with Crippen molar-refractivity contribution in [3.8, 4) is 5.75 Å². The highest BCUT2D eigenvalue weighted by atomic mass is 35.5. The van der Waals surface area contributed by atoms with Gasteiger partial charge in [0.15, 0.2) is 0 Å². The molecule has 0 saturated heterocycles. The number of benzene rings is 1. The van der Waals surface area contributed by atoms with Crippen molar-refractivity contribution >= 4 is 23.2 Å². The molecule has 0 bridgehead atoms. The summed E-state index contributed by atoms with van der Waals surface area (Å²) >= 11 is 12.2. The van der Waals surface area contributed by atoms with Gasteiger partial charge in [-0.2, -0.15) is 0 Å². The Kier molecular flexibility index (Phi) is 7.96. The fourth-order valence-corrected chi connectivity index (χ4v) is 2.30. The highest BCUT2D eigenvalue weighted by Crippen LogP contribution is 2.32. The van der Waals surface area contributed by atoms with Crippen LogP contribution in [0.15, 0.2) is 24.8 Å². The molecule has 0 amide bonds. The van der Waals surface area contributed by atoms with Crippen molar-refractivity contribution in [3.05, 3.63) is 40.4 Å². The molecule has 0 spiro atoms. The quantitative estimate of drug-likeness (QED) is 0.520. The Bertz CT molecular complexity index is 407. The average Bonchev–Trinajstić information content (AvgIpc) is 2.37. The zero-order valence-corrected chi connectivity index (χ0v) is 12.9. The van der Waals surface area contributed by atoms with E-state index in [-0.39, 0.29) is 0 Å². The van der Waals surface area contributed by atoms with Crippen molar-refractivity contribution in [2.75, 3.05) is 13.2 Å². The third-order valence-corrected chi connectivity index (χ3v) is 3.13. The molecule has 1 aromatic rings. The van der Waals surface area contributed by atoms with Crippen LogP contribution in [-0.4, -0.2) is 13.2 Å². The van der Waals surface area contributed by atoms with Gasteiger partial charge in [0.2, 0.25) is 0 Å². The predicted molar refractivity (Wildman–Crippen MR) is 83.4 cm³/mol. The van der Waals surface area contributed by atoms with Crippen molar-refractivity contribution in [1.82, 2.24) is 5.32 Å². The summed E-state index contributed by atoms with van der Waals surface area (Å²) in [5.74, 6) is 0.735. The second-order valence-electron chi connectivity index (χ2n) is 4.33. The summed E-state index contributed by atoms with van der Waals surface area (Å²) in [5.41, 5.74) is 1.00. The van der Waals surface area contributed by atoms with Crippen LogP contribution in [0.3, 0.4) is 0 Å². The van der Waals surface area contributed by atoms with Gasteiger partial charge < -0.3 is 10.1 Å². The van der Waals surface area contributed by atoms with Crippen LogP contribution in [0.1, 0.15) is 31.7 Å². The van der Waals surface area contributed by atoms with E-state index in [2.05, 4.69) is 18.8 Å². The summed E-state index contributed by atoms with van der Waals surface area (Å²) in [6.07, 6.45) is 4.85. The number of ether oxygens (including phenoxy) is 1. The van der Waals surface area contributed by atoms with Crippen LogP contribution < -0.4 is 10.1 Å². The van der Waals surface area contributed by atoms with Gasteiger partial charge in [0, 0.05) is 17.1 Å². The second-order valence-corrected chi connectivity index (χ2v) is 5.18. The van der Waals surface area contributed by atoms with E-state index in [9.17, 15) is 0 Å². The van der Waals surface area contributed by atoms with Gasteiger partial charge in [-0.05, 0) is 37.9 Å². The Morgan fingerprint density at radius 2 is 2.16 bits per heavy atom. The molecule has 0 aliphatic heterocycles. The van der Waals surface area contributed by atoms with Crippen LogP contribution in [0.5, 0.6) is 5.75 Å². The van der Waals surface area contributed by atoms with Crippen molar-refractivity contribution < 1.29 is 4.74 Å². The third-order valence-electron chi connectivity index (χ3n) is 2.63. The molecular formula is C15H21Cl2NO. The molecule has 1 aromatic carbocycles. The van der Waals surface area contributed by atoms with Crippen LogP contribution in [0.25, 0.3) is 0 Å². The summed E-state index contributed by atoms with van der Waals surface area (Å²) in [5, 5.41) is 4.54. The first-order chi connectivity index (χ1) is 9.19. The monoisotopic (exact) mass is 301 g/mol. The van der Waals surface area contributed by atoms with Gasteiger partial charge in [-0.25, -0.2) is 0 Å². The minimum atomic E-state index is 0.569. The highest BCUT2D eigenvalue weighted by molar-refractivity contribution is 6.35. The summed E-state index contributed by atoms with van der Waals surface area (Å²) in [7, 11) is 0. The van der Waals surface area contributed by atoms with Crippen LogP contribution in [0, 0.1) is 0 Å². The van der Waals surface area contributed by atoms with Gasteiger partial charge in [0.25, 0.3) is 0 Å². The fraction of sp³-hybridized carbons (Fsp3) is 0.467. The molecule has 0 heterocycles. The van der Waals surface area contributed by atoms with Crippen LogP contribution in [-0.2, 0) is 6.54 Å². The van der Waals surface area contributed by atoms with Gasteiger partial charge in [-0.3, -0.25) is 0 Å². The maximum atomic E-state index is 6.20. The number of hydrogen-bond acceptors (Lipinski definition) is 2. The molecule has 19 heavy (non-hydrogen) atoms. The van der Waals surface area contributed by atoms with Crippen LogP contribution in [0.4, 0.5) is 0 Å². The molecular weight excluding hydrogens is 281 g/mol. The molecule has 4 heteroatoms. The van der Waals surface area contributed by atoms with Gasteiger partial charge in [0.05, 0.1) is 11.6 Å². The zero-order valence-electron chi connectivity index (χ0n) is 11.3. The van der Waals surface area contributed by atoms with Crippen molar-refractivity contribution in [2.24, 2.45) is 0 Å². The van der Waals surface area contributed by atoms with Gasteiger partial charge in [-0.15, -0.1) is 6.58 Å². The third kappa shape index (κ3) is 5.85. The van der Waals surface area contributed by atoms with Crippen molar-refractivity contribution in [3.63, 3.8) is 0 Å². The maximum Gasteiger partial charge on any atom is 0.142 e. The Morgan fingerprint density at radius 1 is 1.37 bits per heavy atom. The minimum absolute atomic E-state index is 0.569. The SMILES string of the molecule is C=CCCCOc1c(Cl)cc(Cl)cc1CNCCC. The molecule has 0 aromatic heterocycles. The van der Waals surface area contributed by atoms with E-state index in [4.69, 9.17) is 27.9 Å². The minimum Gasteiger partial charge on any atom is -0.492 e. The zero-order chi connectivity index (χ0) is 14.1. The number of allylic oxidation sites excluding steroid dienone is 1. The first-order valence-corrected chi connectivity index (χ1v) is 7.37. The van der Waals surface area contributed by atoms with Crippen LogP contribution in [0.2, 0.25) is 10.0 Å². The van der Waals surface area contributed by atoms with Crippen LogP contribution >= 0.6 is 23.2 Å². The summed E-state index contributed by atoms with van der Waals surface area (Å²) in [6, 6.07) is 3.62. The largest absolute Gasteiger partial charge is 0.492 e. The Labute approximate surface area is 125 Å². The topological polar surface area (TPSA) is 21.3 Å². The smallest absolute Gasteiger partial charge is 0.142 e. The van der Waals surface area contributed by atoms with E-state index in [0.29, 0.717) is 23.2 Å². The standard InChI is InChI=1S/C15H21Cl2NO/c1-3-5-6-8-19-15-12(11-18-7-4-2)9-13(16)10-14(15)17/h3,9-10,18H,1,4-8,11H2,2H3. The number of hydrogen-bond donors (Lipinski definition) is 1. The lowest BCUT2D eigenvalue weighted by Gasteiger charge is -2.14. The number of unbranched alkanes of at least 4 members (excludes halogenated alkanes) is 1. The lowest BCUT2D eigenvalue weighted by atomic mass is 10.2. The fourth-order valence-electron chi connectivity index (χ4n) is 1.71. The molecule has 0 unspecified atom stereocenters. The highest BCUT2D eigenvalue weighted by Gasteiger charge is 2.10. The molecule has 0 fully saturated rings. The summed E-state index contributed by atoms with van der Waals surface area (Å²) in [6.45, 7) is 8.13. The van der Waals surface area contributed by atoms with Gasteiger partial charge in [0.1, 0.15) is 5.75 Å². The molecule has 0 radical (unpaired) electrons. The first-order valence-electron chi connectivity index (χ1n) is 6.61. The van der Waals surface area contributed by atoms with E-state index in [1.165, 1.54) is 0 Å². The Hall–Kier alpha value is -0.700. The van der Waals surface area contributed by atoms with E-state index in [0.717, 1.165) is 37.1 Å². The number of rotatable bonds is 9. The molecule has 106 valence electrons. The molecule has 2 nitrogen and oxygen atoms in total. The number of halogens is 2. The lowest BCUT2D eigenvalue weighted by Crippen LogP contribution is -2.15. The Morgan fingerprint density at radius 3 is 2.84 bits per heavy atom. The van der Waals surface area contributed by atoms with E-state index in [1.807, 2.05) is 12.1 Å². The van der Waals surface area contributed by atoms with E-state index >= 15 is 0 Å². The number of nitrogens with one attached hydrogen (secondary N) is 1. The predicted octanol–water partition coefficient (Wildman–Crippen LogP) is 4.84. The van der Waals surface area contributed by atoms with Gasteiger partial charge >= 0.3 is 0 Å². The average molecular weight is 302 g/mol. The second kappa shape index (κ2) is 9.24. The molecule has 0 aliphatic rings. The first kappa shape index (κ1) is 16.4. The molecule has 0 aliphatic carbocycles. The van der Waals surface area contributed by atoms with Crippen molar-refractivity contribution in [1.29, 1.82) is 0 Å². The van der Waals surface area contributed by atoms with Gasteiger partial charge in [-0.1, -0.05) is 36.2 Å². The molecule has 0 saturated carbocycles. The summed E-state index contributed by atoms with van der Waals surface area (Å²) < 4.78 is 5.78. The molecule has 0 atom stereocenters. The normalized spacial score (nSPS) is 10.5. The lowest BCUT2D eigenvalue weighted by molar-refractivity contribution is 0.308. The van der Waals surface area contributed by atoms with E-state index < -0.39 is 0 Å². The molecule has 1 rings (SSSR count). The Balaban J connectivity index is 2.71. The summed E-state index contributed by atoms with van der Waals surface area (Å²) in [4.78, 5) is 0. The van der Waals surface area contributed by atoms with E-state index in [1.54, 1.807) is 6.07 Å². The molecule has 1 N–H and O–H groups in total.